The fourth-order valence-corrected chi connectivity index (χ4v) is 4.08. The number of benzene rings is 1. The molecule has 0 aliphatic rings. The van der Waals surface area contributed by atoms with Crippen LogP contribution in [0.5, 0.6) is 0 Å². The zero-order chi connectivity index (χ0) is 35.3. The second-order valence-corrected chi connectivity index (χ2v) is 10.6. The first-order valence-corrected chi connectivity index (χ1v) is 13.9. The van der Waals surface area contributed by atoms with E-state index < -0.39 is 81.6 Å². The number of nitrogens with one attached hydrogen (secondary N) is 1. The topological polar surface area (TPSA) is 120 Å². The first-order chi connectivity index (χ1) is 21.2. The highest BCUT2D eigenvalue weighted by Gasteiger charge is 2.61. The van der Waals surface area contributed by atoms with Crippen molar-refractivity contribution in [2.24, 2.45) is 0 Å². The Morgan fingerprint density at radius 1 is 1.09 bits per heavy atom. The van der Waals surface area contributed by atoms with Crippen LogP contribution in [0.15, 0.2) is 41.3 Å². The molecule has 2 unspecified atom stereocenters. The van der Waals surface area contributed by atoms with Gasteiger partial charge in [0.05, 0.1) is 23.0 Å². The van der Waals surface area contributed by atoms with E-state index in [1.165, 1.54) is 33.8 Å². The van der Waals surface area contributed by atoms with Crippen molar-refractivity contribution < 1.29 is 54.5 Å². The number of rotatable bonds is 9. The first kappa shape index (κ1) is 38.1. The Labute approximate surface area is 260 Å². The van der Waals surface area contributed by atoms with Gasteiger partial charge >= 0.3 is 18.4 Å². The Kier molecular flexibility index (Phi) is 12.1. The number of aryl methyl sites for hydroxylation is 1. The average Bonchev–Trinajstić information content (AvgIpc) is 3.44. The minimum atomic E-state index is -5.62. The molecule has 46 heavy (non-hydrogen) atoms. The van der Waals surface area contributed by atoms with Gasteiger partial charge in [-0.25, -0.2) is 14.2 Å². The number of hydrogen-bond donors (Lipinski definition) is 2. The average molecular weight is 665 g/mol. The predicted octanol–water partition coefficient (Wildman–Crippen LogP) is 8.42. The number of amides is 1. The zero-order valence-corrected chi connectivity index (χ0v) is 26.2. The third-order valence-electron chi connectivity index (χ3n) is 6.07. The summed E-state index contributed by atoms with van der Waals surface area (Å²) >= 11 is 0. The minimum absolute atomic E-state index is 0.0378. The summed E-state index contributed by atoms with van der Waals surface area (Å²) in [6.07, 6.45) is -11.6. The summed E-state index contributed by atoms with van der Waals surface area (Å²) in [5, 5.41) is 19.7. The van der Waals surface area contributed by atoms with Crippen LogP contribution in [-0.4, -0.2) is 45.3 Å². The molecule has 0 fully saturated rings. The smallest absolute Gasteiger partial charge is 0.430 e. The van der Waals surface area contributed by atoms with Gasteiger partial charge in [0.25, 0.3) is 17.4 Å². The van der Waals surface area contributed by atoms with Gasteiger partial charge in [0, 0.05) is 12.7 Å². The highest BCUT2D eigenvalue weighted by atomic mass is 19.4. The van der Waals surface area contributed by atoms with Crippen molar-refractivity contribution in [3.8, 4) is 11.6 Å². The molecule has 0 radical (unpaired) electrons. The minimum Gasteiger partial charge on any atom is -0.444 e. The van der Waals surface area contributed by atoms with Gasteiger partial charge in [0.2, 0.25) is 0 Å². The summed E-state index contributed by atoms with van der Waals surface area (Å²) < 4.78 is 116. The van der Waals surface area contributed by atoms with Gasteiger partial charge in [-0.1, -0.05) is 31.6 Å². The summed E-state index contributed by atoms with van der Waals surface area (Å²) in [7, 11) is 1.12. The number of hydrogen-bond acceptors (Lipinski definition) is 8. The number of alkyl halides is 6. The number of aliphatic hydroxyl groups is 1. The molecule has 0 saturated carbocycles. The van der Waals surface area contributed by atoms with Crippen LogP contribution >= 0.6 is 0 Å². The van der Waals surface area contributed by atoms with Crippen molar-refractivity contribution in [3.63, 3.8) is 0 Å². The first-order valence-electron chi connectivity index (χ1n) is 13.9. The van der Waals surface area contributed by atoms with Crippen LogP contribution in [0.1, 0.15) is 81.8 Å². The molecule has 2 N–H and O–H groups in total. The summed E-state index contributed by atoms with van der Waals surface area (Å²) in [5.41, 5.74) is -9.92. The number of ether oxygens (including phenoxy) is 2. The Bertz CT molecular complexity index is 1520. The van der Waals surface area contributed by atoms with Crippen LogP contribution in [0.2, 0.25) is 0 Å². The molecule has 16 heteroatoms. The third-order valence-corrected chi connectivity index (χ3v) is 6.07. The molecular weight excluding hydrogens is 629 g/mol. The number of allylic oxidation sites excluding steroid dienone is 1. The summed E-state index contributed by atoms with van der Waals surface area (Å²) in [6.45, 7) is 13.3. The van der Waals surface area contributed by atoms with Gasteiger partial charge in [-0.05, 0) is 58.7 Å². The number of carbonyl (C=O) groups is 1. The van der Waals surface area contributed by atoms with Crippen molar-refractivity contribution >= 4 is 11.8 Å². The number of halogens is 7. The normalized spacial score (nSPS) is 14.1. The maximum absolute atomic E-state index is 14.6. The van der Waals surface area contributed by atoms with Gasteiger partial charge in [-0.3, -0.25) is 5.32 Å². The molecule has 2 aromatic heterocycles. The molecule has 3 aromatic rings. The summed E-state index contributed by atoms with van der Waals surface area (Å²) in [5.74, 6) is -3.97. The lowest BCUT2D eigenvalue weighted by Crippen LogP contribution is -2.44. The Morgan fingerprint density at radius 2 is 1.72 bits per heavy atom. The van der Waals surface area contributed by atoms with E-state index in [0.717, 1.165) is 19.2 Å². The van der Waals surface area contributed by atoms with Gasteiger partial charge in [0.15, 0.2) is 5.69 Å². The number of anilines is 1. The molecule has 0 aliphatic carbocycles. The molecule has 0 aliphatic heterocycles. The molecule has 2 heterocycles. The molecular formula is C30H35F7N4O5. The fourth-order valence-electron chi connectivity index (χ4n) is 4.08. The lowest BCUT2D eigenvalue weighted by atomic mass is 9.91. The van der Waals surface area contributed by atoms with Crippen molar-refractivity contribution in [1.29, 1.82) is 0 Å². The molecule has 0 spiro atoms. The fraction of sp³-hybridized carbons (Fsp3) is 0.467. The van der Waals surface area contributed by atoms with Gasteiger partial charge in [0.1, 0.15) is 11.4 Å². The lowest BCUT2D eigenvalue weighted by molar-refractivity contribution is -0.256. The summed E-state index contributed by atoms with van der Waals surface area (Å²) in [4.78, 5) is 16.5. The van der Waals surface area contributed by atoms with E-state index >= 15 is 0 Å². The van der Waals surface area contributed by atoms with Crippen LogP contribution in [0.25, 0.3) is 11.6 Å². The molecule has 254 valence electrons. The Balaban J connectivity index is 0.00000361. The van der Waals surface area contributed by atoms with Crippen LogP contribution < -0.4 is 5.32 Å². The third kappa shape index (κ3) is 8.60. The van der Waals surface area contributed by atoms with E-state index in [-0.39, 0.29) is 18.4 Å². The predicted molar refractivity (Wildman–Crippen MR) is 153 cm³/mol. The lowest BCUT2D eigenvalue weighted by Gasteiger charge is -2.28. The van der Waals surface area contributed by atoms with E-state index in [1.807, 2.05) is 13.8 Å². The van der Waals surface area contributed by atoms with Crippen molar-refractivity contribution in [2.75, 3.05) is 12.4 Å². The van der Waals surface area contributed by atoms with Crippen LogP contribution in [-0.2, 0) is 21.3 Å². The van der Waals surface area contributed by atoms with E-state index in [9.17, 15) is 40.6 Å². The Hall–Kier alpha value is -4.05. The maximum atomic E-state index is 14.6. The van der Waals surface area contributed by atoms with Crippen LogP contribution in [0.3, 0.4) is 0 Å². The quantitative estimate of drug-likeness (QED) is 0.173. The molecule has 1 aromatic carbocycles. The molecule has 2 atom stereocenters. The van der Waals surface area contributed by atoms with E-state index in [4.69, 9.17) is 13.9 Å². The van der Waals surface area contributed by atoms with Gasteiger partial charge in [-0.2, -0.15) is 26.3 Å². The highest BCUT2D eigenvalue weighted by Crippen LogP contribution is 2.46. The Morgan fingerprint density at radius 3 is 2.24 bits per heavy atom. The summed E-state index contributed by atoms with van der Waals surface area (Å²) in [6, 6.07) is 3.04. The molecule has 9 nitrogen and oxygen atoms in total. The monoisotopic (exact) mass is 664 g/mol. The number of aromatic nitrogens is 3. The second-order valence-electron chi connectivity index (χ2n) is 10.6. The standard InChI is InChI=1S/C28H29F7N4O5.C2H6/c1-7-8-9-19(42-6)20-16(27(30,31)32)13-18(36-24(40)44-25(3,4)5)21(37-20)22-38-39-23(43-22)26(41,28(33,34)35)15-12-14(2)10-11-17(15)29;1-2/h7,10-13,19,41H,1,8-9H2,2-6H3,(H,36,40);1-2H3. The molecule has 0 bridgehead atoms. The van der Waals surface area contributed by atoms with E-state index in [1.54, 1.807) is 0 Å². The number of carbonyl (C=O) groups excluding carboxylic acids is 1. The SMILES string of the molecule is C=CCCC(OC)c1nc(-c2nnc(C(O)(c3cc(C)ccc3F)C(F)(F)F)o2)c(NC(=O)OC(C)(C)C)cc1C(F)(F)F.CC. The van der Waals surface area contributed by atoms with Gasteiger partial charge < -0.3 is 19.0 Å². The van der Waals surface area contributed by atoms with Gasteiger partial charge in [-0.15, -0.1) is 16.8 Å². The van der Waals surface area contributed by atoms with E-state index in [0.29, 0.717) is 12.1 Å². The second kappa shape index (κ2) is 14.6. The molecule has 0 saturated heterocycles. The molecule has 1 amide bonds. The number of methoxy groups -OCH3 is 1. The number of nitrogens with zero attached hydrogens (tertiary/aromatic N) is 3. The number of pyridine rings is 1. The van der Waals surface area contributed by atoms with Crippen molar-refractivity contribution in [1.82, 2.24) is 15.2 Å². The van der Waals surface area contributed by atoms with Crippen LogP contribution in [0, 0.1) is 12.7 Å². The highest BCUT2D eigenvalue weighted by molar-refractivity contribution is 5.89. The van der Waals surface area contributed by atoms with Crippen LogP contribution in [0.4, 0.5) is 41.2 Å². The largest absolute Gasteiger partial charge is 0.444 e. The zero-order valence-electron chi connectivity index (χ0n) is 26.2. The van der Waals surface area contributed by atoms with Crippen molar-refractivity contribution in [2.45, 2.75) is 84.0 Å². The van der Waals surface area contributed by atoms with Crippen molar-refractivity contribution in [3.05, 3.63) is 71.0 Å². The maximum Gasteiger partial charge on any atom is 0.430 e. The molecule has 3 rings (SSSR count). The van der Waals surface area contributed by atoms with E-state index in [2.05, 4.69) is 27.1 Å².